The molecule has 0 aliphatic rings. The van der Waals surface area contributed by atoms with Crippen LogP contribution in [0.25, 0.3) is 0 Å². The van der Waals surface area contributed by atoms with Crippen molar-refractivity contribution in [3.63, 3.8) is 0 Å². The average Bonchev–Trinajstić information content (AvgIpc) is 2.85. The second-order valence-electron chi connectivity index (χ2n) is 4.23. The average molecular weight is 285 g/mol. The lowest BCUT2D eigenvalue weighted by Crippen LogP contribution is -2.37. The van der Waals surface area contributed by atoms with Gasteiger partial charge in [-0.3, -0.25) is 9.48 Å². The Kier molecular flexibility index (Phi) is 6.41. The maximum Gasteiger partial charge on any atom is 0.327 e. The van der Waals surface area contributed by atoms with E-state index in [0.717, 1.165) is 12.1 Å². The van der Waals surface area contributed by atoms with Gasteiger partial charge in [0.05, 0.1) is 5.69 Å². The van der Waals surface area contributed by atoms with Gasteiger partial charge in [-0.25, -0.2) is 4.79 Å². The Balaban J connectivity index is 2.42. The van der Waals surface area contributed by atoms with E-state index in [-0.39, 0.29) is 0 Å². The van der Waals surface area contributed by atoms with Gasteiger partial charge >= 0.3 is 5.97 Å². The third-order valence-electron chi connectivity index (χ3n) is 2.81. The highest BCUT2D eigenvalue weighted by Crippen LogP contribution is 2.14. The van der Waals surface area contributed by atoms with Crippen LogP contribution in [0.5, 0.6) is 0 Å². The van der Waals surface area contributed by atoms with E-state index >= 15 is 0 Å². The normalized spacial score (nSPS) is 13.8. The van der Waals surface area contributed by atoms with E-state index in [1.165, 1.54) is 11.8 Å². The molecular weight excluding hydrogens is 266 g/mol. The Morgan fingerprint density at radius 2 is 2.42 bits per heavy atom. The molecule has 2 N–H and O–H groups in total. The SMILES string of the molecule is CCC(C)n1ccc(CSCC(NC=O)C(=O)O)n1. The number of thioether (sulfide) groups is 1. The van der Waals surface area contributed by atoms with E-state index in [1.807, 2.05) is 16.9 Å². The fourth-order valence-electron chi connectivity index (χ4n) is 1.44. The fourth-order valence-corrected chi connectivity index (χ4v) is 2.40. The molecule has 0 aliphatic carbocycles. The van der Waals surface area contributed by atoms with Crippen LogP contribution in [0.15, 0.2) is 12.3 Å². The summed E-state index contributed by atoms with van der Waals surface area (Å²) >= 11 is 1.44. The molecule has 0 saturated heterocycles. The number of carboxylic acids is 1. The standard InChI is InChI=1S/C12H19N3O3S/c1-3-9(2)15-5-4-10(14-15)6-19-7-11(12(17)18)13-8-16/h4-5,8-9,11H,3,6-7H2,1-2H3,(H,13,16)(H,17,18). The van der Waals surface area contributed by atoms with E-state index in [1.54, 1.807) is 0 Å². The van der Waals surface area contributed by atoms with Crippen molar-refractivity contribution in [3.8, 4) is 0 Å². The third kappa shape index (κ3) is 4.94. The second kappa shape index (κ2) is 7.83. The fraction of sp³-hybridized carbons (Fsp3) is 0.583. The van der Waals surface area contributed by atoms with Gasteiger partial charge in [-0.1, -0.05) is 6.92 Å². The van der Waals surface area contributed by atoms with Crippen molar-refractivity contribution in [1.29, 1.82) is 0 Å². The highest BCUT2D eigenvalue weighted by molar-refractivity contribution is 7.98. The Labute approximate surface area is 116 Å². The zero-order valence-electron chi connectivity index (χ0n) is 11.1. The minimum atomic E-state index is -1.02. The summed E-state index contributed by atoms with van der Waals surface area (Å²) in [6.45, 7) is 4.20. The number of rotatable bonds is 9. The third-order valence-corrected chi connectivity index (χ3v) is 3.88. The number of amides is 1. The number of carbonyl (C=O) groups is 2. The van der Waals surface area contributed by atoms with Gasteiger partial charge in [0.1, 0.15) is 6.04 Å². The zero-order valence-corrected chi connectivity index (χ0v) is 11.9. The number of hydrogen-bond donors (Lipinski definition) is 2. The van der Waals surface area contributed by atoms with Gasteiger partial charge in [0.25, 0.3) is 0 Å². The van der Waals surface area contributed by atoms with Crippen molar-refractivity contribution >= 4 is 24.1 Å². The van der Waals surface area contributed by atoms with Gasteiger partial charge in [0.2, 0.25) is 6.41 Å². The molecule has 1 amide bonds. The lowest BCUT2D eigenvalue weighted by molar-refractivity contribution is -0.139. The smallest absolute Gasteiger partial charge is 0.327 e. The van der Waals surface area contributed by atoms with Crippen LogP contribution >= 0.6 is 11.8 Å². The Hall–Kier alpha value is -1.50. The molecule has 2 unspecified atom stereocenters. The van der Waals surface area contributed by atoms with Crippen molar-refractivity contribution in [2.45, 2.75) is 38.1 Å². The molecule has 1 heterocycles. The first-order valence-electron chi connectivity index (χ1n) is 6.12. The molecular formula is C12H19N3O3S. The van der Waals surface area contributed by atoms with Crippen molar-refractivity contribution in [2.24, 2.45) is 0 Å². The summed E-state index contributed by atoms with van der Waals surface area (Å²) in [7, 11) is 0. The summed E-state index contributed by atoms with van der Waals surface area (Å²) in [5, 5.41) is 15.6. The van der Waals surface area contributed by atoms with Crippen LogP contribution in [0, 0.1) is 0 Å². The molecule has 0 aromatic carbocycles. The highest BCUT2D eigenvalue weighted by Gasteiger charge is 2.16. The van der Waals surface area contributed by atoms with Crippen molar-refractivity contribution in [3.05, 3.63) is 18.0 Å². The molecule has 106 valence electrons. The molecule has 0 saturated carbocycles. The Morgan fingerprint density at radius 1 is 1.68 bits per heavy atom. The van der Waals surface area contributed by atoms with Crippen LogP contribution in [-0.2, 0) is 15.3 Å². The van der Waals surface area contributed by atoms with Gasteiger partial charge in [-0.15, -0.1) is 0 Å². The lowest BCUT2D eigenvalue weighted by Gasteiger charge is -2.10. The minimum Gasteiger partial charge on any atom is -0.480 e. The van der Waals surface area contributed by atoms with Crippen LogP contribution < -0.4 is 5.32 Å². The van der Waals surface area contributed by atoms with Crippen LogP contribution in [-0.4, -0.2) is 39.1 Å². The second-order valence-corrected chi connectivity index (χ2v) is 5.27. The molecule has 7 heteroatoms. The molecule has 0 fully saturated rings. The lowest BCUT2D eigenvalue weighted by atomic mass is 10.3. The predicted molar refractivity (Wildman–Crippen MR) is 74.0 cm³/mol. The van der Waals surface area contributed by atoms with Crippen LogP contribution in [0.3, 0.4) is 0 Å². The predicted octanol–water partition coefficient (Wildman–Crippen LogP) is 1.29. The molecule has 1 aromatic heterocycles. The molecule has 1 aromatic rings. The monoisotopic (exact) mass is 285 g/mol. The molecule has 19 heavy (non-hydrogen) atoms. The first-order chi connectivity index (χ1) is 9.08. The van der Waals surface area contributed by atoms with Gasteiger partial charge in [-0.05, 0) is 19.4 Å². The van der Waals surface area contributed by atoms with E-state index in [2.05, 4.69) is 24.3 Å². The molecule has 1 rings (SSSR count). The van der Waals surface area contributed by atoms with Crippen LogP contribution in [0.1, 0.15) is 32.0 Å². The molecule has 0 spiro atoms. The molecule has 2 atom stereocenters. The summed E-state index contributed by atoms with van der Waals surface area (Å²) in [6, 6.07) is 1.45. The quantitative estimate of drug-likeness (QED) is 0.668. The van der Waals surface area contributed by atoms with Crippen LogP contribution in [0.2, 0.25) is 0 Å². The number of nitrogens with zero attached hydrogens (tertiary/aromatic N) is 2. The largest absolute Gasteiger partial charge is 0.480 e. The van der Waals surface area contributed by atoms with Crippen molar-refractivity contribution in [2.75, 3.05) is 5.75 Å². The number of carboxylic acid groups (broad SMARTS) is 1. The summed E-state index contributed by atoms with van der Waals surface area (Å²) in [4.78, 5) is 21.1. The van der Waals surface area contributed by atoms with E-state index < -0.39 is 12.0 Å². The summed E-state index contributed by atoms with van der Waals surface area (Å²) in [6.07, 6.45) is 3.36. The zero-order chi connectivity index (χ0) is 14.3. The molecule has 0 aliphatic heterocycles. The van der Waals surface area contributed by atoms with Gasteiger partial charge in [0, 0.05) is 23.7 Å². The maximum absolute atomic E-state index is 10.8. The number of carbonyl (C=O) groups excluding carboxylic acids is 1. The van der Waals surface area contributed by atoms with E-state index in [9.17, 15) is 9.59 Å². The highest BCUT2D eigenvalue weighted by atomic mass is 32.2. The maximum atomic E-state index is 10.8. The van der Waals surface area contributed by atoms with E-state index in [4.69, 9.17) is 5.11 Å². The minimum absolute atomic E-state index is 0.324. The summed E-state index contributed by atoms with van der Waals surface area (Å²) < 4.78 is 1.91. The summed E-state index contributed by atoms with van der Waals surface area (Å²) in [5.41, 5.74) is 0.917. The number of aromatic nitrogens is 2. The number of aliphatic carboxylic acids is 1. The molecule has 6 nitrogen and oxygen atoms in total. The van der Waals surface area contributed by atoms with Gasteiger partial charge in [-0.2, -0.15) is 16.9 Å². The summed E-state index contributed by atoms with van der Waals surface area (Å²) in [5.74, 6) is -0.0670. The topological polar surface area (TPSA) is 84.2 Å². The van der Waals surface area contributed by atoms with Crippen molar-refractivity contribution < 1.29 is 14.7 Å². The number of hydrogen-bond acceptors (Lipinski definition) is 4. The first kappa shape index (κ1) is 15.6. The van der Waals surface area contributed by atoms with E-state index in [0.29, 0.717) is 24.0 Å². The van der Waals surface area contributed by atoms with Crippen molar-refractivity contribution in [1.82, 2.24) is 15.1 Å². The van der Waals surface area contributed by atoms with Gasteiger partial charge in [0.15, 0.2) is 0 Å². The van der Waals surface area contributed by atoms with Crippen LogP contribution in [0.4, 0.5) is 0 Å². The molecule has 0 radical (unpaired) electrons. The Bertz CT molecular complexity index is 422. The molecule has 0 bridgehead atoms. The number of nitrogens with one attached hydrogen (secondary N) is 1. The first-order valence-corrected chi connectivity index (χ1v) is 7.28. The Morgan fingerprint density at radius 3 is 3.00 bits per heavy atom. The van der Waals surface area contributed by atoms with Gasteiger partial charge < -0.3 is 10.4 Å².